The highest BCUT2D eigenvalue weighted by atomic mass is 28.5. The van der Waals surface area contributed by atoms with Gasteiger partial charge in [0.2, 0.25) is 0 Å². The first-order chi connectivity index (χ1) is 42.8. The summed E-state index contributed by atoms with van der Waals surface area (Å²) >= 11 is 0. The van der Waals surface area contributed by atoms with Crippen LogP contribution < -0.4 is 0 Å². The Bertz CT molecular complexity index is 1480. The molecule has 0 amide bonds. The van der Waals surface area contributed by atoms with Crippen molar-refractivity contribution in [1.29, 1.82) is 0 Å². The van der Waals surface area contributed by atoms with Crippen LogP contribution in [-0.2, 0) is 62.0 Å². The number of rotatable bonds is 69. The van der Waals surface area contributed by atoms with E-state index in [-0.39, 0.29) is 0 Å². The molecule has 0 saturated carbocycles. The van der Waals surface area contributed by atoms with Crippen molar-refractivity contribution in [3.8, 4) is 0 Å². The number of hydrogen-bond donors (Lipinski definition) is 0. The van der Waals surface area contributed by atoms with E-state index >= 15 is 0 Å². The van der Waals surface area contributed by atoms with Gasteiger partial charge in [-0.3, -0.25) is 0 Å². The third-order valence-corrected chi connectivity index (χ3v) is 50.5. The minimum atomic E-state index is -3.13. The van der Waals surface area contributed by atoms with Gasteiger partial charge in [0.15, 0.2) is 25.0 Å². The molecule has 90 heavy (non-hydrogen) atoms. The maximum absolute atomic E-state index is 7.93. The highest BCUT2D eigenvalue weighted by Gasteiger charge is 2.52. The van der Waals surface area contributed by atoms with E-state index < -0.39 is 76.3 Å². The van der Waals surface area contributed by atoms with E-state index in [1.165, 1.54) is 210 Å². The van der Waals surface area contributed by atoms with Crippen LogP contribution in [-0.4, -0.2) is 154 Å². The third kappa shape index (κ3) is 46.6. The average molecular weight is 1440 g/mol. The molecule has 0 aliphatic carbocycles. The molecule has 0 heterocycles. The quantitative estimate of drug-likeness (QED) is 0.0248. The van der Waals surface area contributed by atoms with E-state index in [2.05, 4.69) is 65.5 Å². The maximum atomic E-state index is 7.93. The lowest BCUT2D eigenvalue weighted by Crippen LogP contribution is -2.62. The zero-order valence-corrected chi connectivity index (χ0v) is 72.4. The Labute approximate surface area is 569 Å². The molecule has 0 unspecified atom stereocenters. The van der Waals surface area contributed by atoms with E-state index in [1.54, 1.807) is 64.0 Å². The highest BCUT2D eigenvalue weighted by molar-refractivity contribution is 6.91. The highest BCUT2D eigenvalue weighted by Crippen LogP contribution is 2.37. The van der Waals surface area contributed by atoms with E-state index in [0.717, 1.165) is 81.0 Å². The molecule has 0 aliphatic rings. The van der Waals surface area contributed by atoms with Crippen LogP contribution in [0.3, 0.4) is 0 Å². The van der Waals surface area contributed by atoms with Crippen LogP contribution in [0.1, 0.15) is 225 Å². The fourth-order valence-electron chi connectivity index (χ4n) is 13.2. The number of unbranched alkanes of at least 4 members (excludes halogenated alkanes) is 28. The summed E-state index contributed by atoms with van der Waals surface area (Å²) in [5.41, 5.74) is 0. The van der Waals surface area contributed by atoms with Crippen molar-refractivity contribution in [2.24, 2.45) is 0 Å². The molecule has 0 rings (SSSR count). The Hall–Kier alpha value is 1.39. The first kappa shape index (κ1) is 91.4. The molecule has 0 saturated heterocycles. The second-order valence-electron chi connectivity index (χ2n) is 30.0. The fraction of sp³-hybridized carbons (Fsp3) is 1.00. The normalized spacial score (nSPS) is 13.6. The van der Waals surface area contributed by atoms with Gasteiger partial charge in [-0.1, -0.05) is 243 Å². The van der Waals surface area contributed by atoms with Crippen LogP contribution in [0.2, 0.25) is 132 Å². The molecule has 0 atom stereocenters. The smallest absolute Gasteiger partial charge is 0.417 e. The van der Waals surface area contributed by atoms with Crippen molar-refractivity contribution < 1.29 is 62.0 Å². The molecule has 0 aromatic heterocycles. The molecule has 0 bridgehead atoms. The molecule has 14 nitrogen and oxygen atoms in total. The molecular formula is C67H154O14Si9. The summed E-state index contributed by atoms with van der Waals surface area (Å²) in [5.74, 6) is 0. The zero-order valence-electron chi connectivity index (χ0n) is 63.4. The first-order valence-electron chi connectivity index (χ1n) is 37.1. The molecule has 23 heteroatoms. The van der Waals surface area contributed by atoms with Crippen molar-refractivity contribution in [2.45, 2.75) is 357 Å². The molecule has 0 radical (unpaired) electrons. The standard InChI is InChI=1S/C67H154O14Si9/c1-21-77-78-56-45-35-25-23-22-24-26-36-46-57-82(11,12)58-47-37-27-28-38-48-59-83(13,14)60-55-67-90(79-84(15,16)61-49-39-29-32-42-52-64-87(68-2,69-3)70-4,80-85(17,18)62-50-40-30-33-43-53-65-88(71-5,72-6)73-7)81-86(19,20)63-51-41-31-34-44-54-66-89(74-8,75-9)76-10/h21-67H2,1-20H3. The number of hydrogen-bond acceptors (Lipinski definition) is 14. The summed E-state index contributed by atoms with van der Waals surface area (Å²) in [4.78, 5) is 10.1. The van der Waals surface area contributed by atoms with E-state index in [9.17, 15) is 0 Å². The second-order valence-corrected chi connectivity index (χ2v) is 66.3. The van der Waals surface area contributed by atoms with Gasteiger partial charge in [-0.05, 0) is 90.0 Å². The van der Waals surface area contributed by atoms with Crippen molar-refractivity contribution >= 4 is 76.3 Å². The van der Waals surface area contributed by atoms with Crippen LogP contribution in [0.15, 0.2) is 0 Å². The molecular weight excluding hydrogens is 1280 g/mol. The van der Waals surface area contributed by atoms with Gasteiger partial charge >= 0.3 is 35.2 Å². The predicted molar refractivity (Wildman–Crippen MR) is 404 cm³/mol. The average Bonchev–Trinajstić information content (AvgIpc) is 1.02. The first-order valence-corrected chi connectivity index (χ1v) is 61.0. The molecule has 0 fully saturated rings. The SMILES string of the molecule is CCOOCCCCCCCCCCC[Si](C)(C)CCCCCCCC[Si](C)(C)CCC[Si](O[Si](C)(C)CCCCCCCC[Si](OC)(OC)OC)(O[Si](C)(C)CCCCCCCC[Si](OC)(OC)OC)O[Si](C)(C)CCCCCCCC[Si](OC)(OC)OC. The molecule has 0 aromatic carbocycles. The topological polar surface area (TPSA) is 129 Å². The van der Waals surface area contributed by atoms with Crippen molar-refractivity contribution in [3.63, 3.8) is 0 Å². The van der Waals surface area contributed by atoms with E-state index in [0.29, 0.717) is 6.61 Å². The van der Waals surface area contributed by atoms with E-state index in [1.807, 2.05) is 6.92 Å². The lowest BCUT2D eigenvalue weighted by molar-refractivity contribution is -0.291. The Kier molecular flexibility index (Phi) is 54.1. The lowest BCUT2D eigenvalue weighted by atomic mass is 10.1. The van der Waals surface area contributed by atoms with Crippen molar-refractivity contribution in [2.75, 3.05) is 77.2 Å². The van der Waals surface area contributed by atoms with E-state index in [4.69, 9.17) is 62.0 Å². The summed E-state index contributed by atoms with van der Waals surface area (Å²) in [6, 6.07) is 12.8. The van der Waals surface area contributed by atoms with Gasteiger partial charge in [-0.2, -0.15) is 0 Å². The van der Waals surface area contributed by atoms with Gasteiger partial charge in [0.1, 0.15) is 0 Å². The Balaban J connectivity index is 6.00. The molecule has 0 N–H and O–H groups in total. The van der Waals surface area contributed by atoms with Crippen molar-refractivity contribution in [3.05, 3.63) is 0 Å². The minimum absolute atomic E-state index is 0.633. The van der Waals surface area contributed by atoms with Gasteiger partial charge in [-0.25, -0.2) is 9.78 Å². The molecule has 0 spiro atoms. The van der Waals surface area contributed by atoms with Crippen LogP contribution in [0, 0.1) is 0 Å². The Morgan fingerprint density at radius 2 is 0.378 bits per heavy atom. The summed E-state index contributed by atoms with van der Waals surface area (Å²) in [6.07, 6.45) is 43.2. The van der Waals surface area contributed by atoms with Crippen molar-refractivity contribution in [1.82, 2.24) is 0 Å². The third-order valence-electron chi connectivity index (χ3n) is 19.2. The van der Waals surface area contributed by atoms with Gasteiger partial charge in [-0.15, -0.1) is 0 Å². The summed E-state index contributed by atoms with van der Waals surface area (Å²) in [6.45, 7) is 28.9. The van der Waals surface area contributed by atoms with Crippen LogP contribution in [0.5, 0.6) is 0 Å². The van der Waals surface area contributed by atoms with Gasteiger partial charge in [0.25, 0.3) is 0 Å². The lowest BCUT2D eigenvalue weighted by Gasteiger charge is -2.45. The predicted octanol–water partition coefficient (Wildman–Crippen LogP) is 21.9. The Morgan fingerprint density at radius 1 is 0.189 bits per heavy atom. The van der Waals surface area contributed by atoms with Crippen LogP contribution in [0.4, 0.5) is 0 Å². The second kappa shape index (κ2) is 53.3. The largest absolute Gasteiger partial charge is 0.500 e. The van der Waals surface area contributed by atoms with Crippen LogP contribution >= 0.6 is 0 Å². The molecule has 0 aliphatic heterocycles. The summed E-state index contributed by atoms with van der Waals surface area (Å²) in [7, 11) is -4.38. The van der Waals surface area contributed by atoms with Gasteiger partial charge in [0.05, 0.1) is 13.2 Å². The van der Waals surface area contributed by atoms with Crippen LogP contribution in [0.25, 0.3) is 0 Å². The van der Waals surface area contributed by atoms with Gasteiger partial charge < -0.3 is 52.2 Å². The monoisotopic (exact) mass is 1430 g/mol. The Morgan fingerprint density at radius 3 is 0.611 bits per heavy atom. The summed E-state index contributed by atoms with van der Waals surface area (Å²) in [5, 5.41) is 0. The zero-order chi connectivity index (χ0) is 67.6. The molecule has 0 aromatic rings. The molecule has 542 valence electrons. The minimum Gasteiger partial charge on any atom is -0.417 e. The summed E-state index contributed by atoms with van der Waals surface area (Å²) < 4.78 is 75.1. The fourth-order valence-corrected chi connectivity index (χ4v) is 42.3. The maximum Gasteiger partial charge on any atom is 0.500 e. The van der Waals surface area contributed by atoms with Gasteiger partial charge in [0, 0.05) is 104 Å².